The van der Waals surface area contributed by atoms with E-state index in [4.69, 9.17) is 0 Å². The maximum absolute atomic E-state index is 9.27. The van der Waals surface area contributed by atoms with Gasteiger partial charge >= 0.3 is 0 Å². The van der Waals surface area contributed by atoms with E-state index in [1.54, 1.807) is 12.1 Å². The third-order valence-corrected chi connectivity index (χ3v) is 3.30. The van der Waals surface area contributed by atoms with Crippen LogP contribution in [0.1, 0.15) is 32.8 Å². The molecule has 0 saturated heterocycles. The Balaban J connectivity index is 2.36. The van der Waals surface area contributed by atoms with E-state index in [-0.39, 0.29) is 12.6 Å². The van der Waals surface area contributed by atoms with Gasteiger partial charge in [0.15, 0.2) is 0 Å². The molecular formula is C15H25NO2. The van der Waals surface area contributed by atoms with Gasteiger partial charge in [-0.2, -0.15) is 0 Å². The second-order valence-corrected chi connectivity index (χ2v) is 5.31. The molecule has 18 heavy (non-hydrogen) atoms. The Kier molecular flexibility index (Phi) is 6.16. The van der Waals surface area contributed by atoms with E-state index in [0.717, 1.165) is 12.8 Å². The molecule has 1 rings (SSSR count). The van der Waals surface area contributed by atoms with Crippen molar-refractivity contribution in [3.8, 4) is 5.75 Å². The van der Waals surface area contributed by atoms with Gasteiger partial charge in [0.1, 0.15) is 5.75 Å². The maximum Gasteiger partial charge on any atom is 0.115 e. The number of benzene rings is 1. The Morgan fingerprint density at radius 2 is 1.72 bits per heavy atom. The lowest BCUT2D eigenvalue weighted by atomic mass is 10.0. The van der Waals surface area contributed by atoms with Crippen molar-refractivity contribution in [3.05, 3.63) is 29.8 Å². The zero-order chi connectivity index (χ0) is 13.5. The van der Waals surface area contributed by atoms with Gasteiger partial charge < -0.3 is 15.5 Å². The van der Waals surface area contributed by atoms with E-state index >= 15 is 0 Å². The molecule has 0 bridgehead atoms. The number of aromatic hydroxyl groups is 1. The first-order chi connectivity index (χ1) is 8.52. The molecule has 0 aliphatic heterocycles. The lowest BCUT2D eigenvalue weighted by Crippen LogP contribution is -2.42. The van der Waals surface area contributed by atoms with Gasteiger partial charge in [-0.25, -0.2) is 0 Å². The fraction of sp³-hybridized carbons (Fsp3) is 0.600. The average Bonchev–Trinajstić information content (AvgIpc) is 2.35. The largest absolute Gasteiger partial charge is 0.508 e. The highest BCUT2D eigenvalue weighted by molar-refractivity contribution is 5.25. The summed E-state index contributed by atoms with van der Waals surface area (Å²) < 4.78 is 0. The van der Waals surface area contributed by atoms with Crippen LogP contribution in [0.25, 0.3) is 0 Å². The molecule has 3 heteroatoms. The minimum Gasteiger partial charge on any atom is -0.508 e. The molecule has 0 saturated carbocycles. The summed E-state index contributed by atoms with van der Waals surface area (Å²) in [6.45, 7) is 6.55. The van der Waals surface area contributed by atoms with Gasteiger partial charge in [-0.3, -0.25) is 0 Å². The van der Waals surface area contributed by atoms with Crippen LogP contribution in [0.4, 0.5) is 0 Å². The van der Waals surface area contributed by atoms with Gasteiger partial charge in [-0.1, -0.05) is 26.0 Å². The van der Waals surface area contributed by atoms with Crippen molar-refractivity contribution in [2.24, 2.45) is 5.92 Å². The first kappa shape index (κ1) is 15.0. The number of phenolic OH excluding ortho intramolecular Hbond substituents is 1. The molecule has 0 radical (unpaired) electrons. The summed E-state index contributed by atoms with van der Waals surface area (Å²) in [5, 5.41) is 21.9. The second kappa shape index (κ2) is 7.39. The van der Waals surface area contributed by atoms with Crippen molar-refractivity contribution in [2.75, 3.05) is 6.61 Å². The van der Waals surface area contributed by atoms with Gasteiger partial charge in [0.25, 0.3) is 0 Å². The van der Waals surface area contributed by atoms with E-state index in [0.29, 0.717) is 17.7 Å². The highest BCUT2D eigenvalue weighted by Crippen LogP contribution is 2.12. The Morgan fingerprint density at radius 1 is 1.11 bits per heavy atom. The molecule has 2 atom stereocenters. The van der Waals surface area contributed by atoms with Crippen LogP contribution in [-0.2, 0) is 6.42 Å². The minimum absolute atomic E-state index is 0.166. The predicted molar refractivity (Wildman–Crippen MR) is 74.7 cm³/mol. The van der Waals surface area contributed by atoms with E-state index < -0.39 is 0 Å². The van der Waals surface area contributed by atoms with E-state index in [9.17, 15) is 10.2 Å². The molecule has 1 aromatic rings. The number of hydrogen-bond acceptors (Lipinski definition) is 3. The smallest absolute Gasteiger partial charge is 0.115 e. The van der Waals surface area contributed by atoms with Gasteiger partial charge in [0.2, 0.25) is 0 Å². The maximum atomic E-state index is 9.27. The Bertz CT molecular complexity index is 335. The third-order valence-electron chi connectivity index (χ3n) is 3.30. The standard InChI is InChI=1S/C15H25NO2/c1-11(2)15(10-17)16-12(3)4-5-13-6-8-14(18)9-7-13/h6-9,11-12,15-18H,4-5,10H2,1-3H3/t12?,15-/m1/s1. The summed E-state index contributed by atoms with van der Waals surface area (Å²) in [6.07, 6.45) is 2.00. The van der Waals surface area contributed by atoms with Crippen molar-refractivity contribution in [2.45, 2.75) is 45.7 Å². The molecule has 3 nitrogen and oxygen atoms in total. The van der Waals surface area contributed by atoms with E-state index in [1.165, 1.54) is 5.56 Å². The van der Waals surface area contributed by atoms with E-state index in [1.807, 2.05) is 12.1 Å². The van der Waals surface area contributed by atoms with Crippen LogP contribution in [0.5, 0.6) is 5.75 Å². The van der Waals surface area contributed by atoms with Crippen molar-refractivity contribution in [1.82, 2.24) is 5.32 Å². The lowest BCUT2D eigenvalue weighted by molar-refractivity contribution is 0.199. The number of nitrogens with one attached hydrogen (secondary N) is 1. The zero-order valence-electron chi connectivity index (χ0n) is 11.6. The van der Waals surface area contributed by atoms with Crippen LogP contribution < -0.4 is 5.32 Å². The SMILES string of the molecule is CC(CCc1ccc(O)cc1)N[C@H](CO)C(C)C. The molecule has 3 N–H and O–H groups in total. The Labute approximate surface area is 110 Å². The molecule has 0 aliphatic rings. The van der Waals surface area contributed by atoms with Crippen molar-refractivity contribution in [3.63, 3.8) is 0 Å². The fourth-order valence-electron chi connectivity index (χ4n) is 1.95. The summed E-state index contributed by atoms with van der Waals surface area (Å²) in [5.74, 6) is 0.746. The fourth-order valence-corrected chi connectivity index (χ4v) is 1.95. The Hall–Kier alpha value is -1.06. The lowest BCUT2D eigenvalue weighted by Gasteiger charge is -2.24. The summed E-state index contributed by atoms with van der Waals surface area (Å²) >= 11 is 0. The molecule has 0 spiro atoms. The van der Waals surface area contributed by atoms with Gasteiger partial charge in [-0.05, 0) is 43.4 Å². The van der Waals surface area contributed by atoms with Gasteiger partial charge in [0.05, 0.1) is 6.61 Å². The number of hydrogen-bond donors (Lipinski definition) is 3. The second-order valence-electron chi connectivity index (χ2n) is 5.31. The number of rotatable bonds is 7. The quantitative estimate of drug-likeness (QED) is 0.697. The monoisotopic (exact) mass is 251 g/mol. The molecule has 1 unspecified atom stereocenters. The van der Waals surface area contributed by atoms with Crippen molar-refractivity contribution >= 4 is 0 Å². The molecular weight excluding hydrogens is 226 g/mol. The minimum atomic E-state index is 0.166. The molecule has 0 aliphatic carbocycles. The third kappa shape index (κ3) is 5.07. The van der Waals surface area contributed by atoms with Crippen LogP contribution >= 0.6 is 0 Å². The highest BCUT2D eigenvalue weighted by atomic mass is 16.3. The summed E-state index contributed by atoms with van der Waals surface area (Å²) in [4.78, 5) is 0. The molecule has 0 fully saturated rings. The summed E-state index contributed by atoms with van der Waals surface area (Å²) in [6, 6.07) is 7.89. The van der Waals surface area contributed by atoms with Crippen LogP contribution in [0.2, 0.25) is 0 Å². The number of aryl methyl sites for hydroxylation is 1. The number of aliphatic hydroxyl groups is 1. The summed E-state index contributed by atoms with van der Waals surface area (Å²) in [7, 11) is 0. The first-order valence-corrected chi connectivity index (χ1v) is 6.67. The zero-order valence-corrected chi connectivity index (χ0v) is 11.6. The molecule has 0 heterocycles. The highest BCUT2D eigenvalue weighted by Gasteiger charge is 2.14. The number of phenols is 1. The molecule has 0 amide bonds. The molecule has 102 valence electrons. The van der Waals surface area contributed by atoms with E-state index in [2.05, 4.69) is 26.1 Å². The van der Waals surface area contributed by atoms with Crippen LogP contribution in [-0.4, -0.2) is 28.9 Å². The molecule has 1 aromatic carbocycles. The first-order valence-electron chi connectivity index (χ1n) is 6.67. The van der Waals surface area contributed by atoms with Crippen LogP contribution in [0.15, 0.2) is 24.3 Å². The van der Waals surface area contributed by atoms with Gasteiger partial charge in [-0.15, -0.1) is 0 Å². The van der Waals surface area contributed by atoms with Gasteiger partial charge in [0, 0.05) is 12.1 Å². The predicted octanol–water partition coefficient (Wildman–Crippen LogP) is 2.32. The summed E-state index contributed by atoms with van der Waals surface area (Å²) in [5.41, 5.74) is 1.23. The van der Waals surface area contributed by atoms with Crippen molar-refractivity contribution < 1.29 is 10.2 Å². The van der Waals surface area contributed by atoms with Crippen LogP contribution in [0.3, 0.4) is 0 Å². The number of aliphatic hydroxyl groups excluding tert-OH is 1. The average molecular weight is 251 g/mol. The van der Waals surface area contributed by atoms with Crippen molar-refractivity contribution in [1.29, 1.82) is 0 Å². The topological polar surface area (TPSA) is 52.5 Å². The Morgan fingerprint density at radius 3 is 2.22 bits per heavy atom. The normalized spacial score (nSPS) is 14.7. The molecule has 0 aromatic heterocycles. The van der Waals surface area contributed by atoms with Crippen LogP contribution in [0, 0.1) is 5.92 Å².